The molecule has 27 heavy (non-hydrogen) atoms. The Morgan fingerprint density at radius 2 is 1.85 bits per heavy atom. The van der Waals surface area contributed by atoms with E-state index in [4.69, 9.17) is 23.2 Å². The largest absolute Gasteiger partial charge is 0.357 e. The predicted molar refractivity (Wildman–Crippen MR) is 105 cm³/mol. The first kappa shape index (κ1) is 21.2. The van der Waals surface area contributed by atoms with Crippen molar-refractivity contribution in [1.82, 2.24) is 10.2 Å². The summed E-state index contributed by atoms with van der Waals surface area (Å²) in [6.07, 6.45) is 0.263. The highest BCUT2D eigenvalue weighted by Crippen LogP contribution is 2.24. The van der Waals surface area contributed by atoms with Gasteiger partial charge in [0.2, 0.25) is 11.8 Å². The fourth-order valence-corrected chi connectivity index (χ4v) is 3.29. The van der Waals surface area contributed by atoms with Crippen molar-refractivity contribution >= 4 is 35.0 Å². The maximum atomic E-state index is 14.0. The van der Waals surface area contributed by atoms with Crippen LogP contribution in [0.25, 0.3) is 0 Å². The fourth-order valence-electron chi connectivity index (χ4n) is 2.83. The van der Waals surface area contributed by atoms with Gasteiger partial charge in [-0.2, -0.15) is 0 Å². The molecule has 0 aromatic heterocycles. The lowest BCUT2D eigenvalue weighted by Gasteiger charge is -2.30. The molecule has 0 saturated heterocycles. The van der Waals surface area contributed by atoms with Crippen molar-refractivity contribution < 1.29 is 14.0 Å². The second kappa shape index (κ2) is 9.72. The highest BCUT2D eigenvalue weighted by molar-refractivity contribution is 6.35. The van der Waals surface area contributed by atoms with Crippen molar-refractivity contribution in [1.29, 1.82) is 0 Å². The van der Waals surface area contributed by atoms with Crippen molar-refractivity contribution in [2.45, 2.75) is 32.4 Å². The highest BCUT2D eigenvalue weighted by atomic mass is 35.5. The number of benzene rings is 2. The van der Waals surface area contributed by atoms with Crippen molar-refractivity contribution in [3.63, 3.8) is 0 Å². The monoisotopic (exact) mass is 410 g/mol. The van der Waals surface area contributed by atoms with Gasteiger partial charge in [-0.3, -0.25) is 9.59 Å². The summed E-state index contributed by atoms with van der Waals surface area (Å²) in [4.78, 5) is 26.7. The van der Waals surface area contributed by atoms with Crippen LogP contribution in [0.5, 0.6) is 0 Å². The molecular weight excluding hydrogens is 390 g/mol. The number of carbonyl (C=O) groups excluding carboxylic acids is 2. The predicted octanol–water partition coefficient (Wildman–Crippen LogP) is 4.23. The summed E-state index contributed by atoms with van der Waals surface area (Å²) in [5.41, 5.74) is 0.937. The number of hydrogen-bond donors (Lipinski definition) is 1. The third-order valence-electron chi connectivity index (χ3n) is 4.29. The van der Waals surface area contributed by atoms with Crippen LogP contribution in [0, 0.1) is 5.82 Å². The van der Waals surface area contributed by atoms with E-state index in [1.165, 1.54) is 18.0 Å². The first-order valence-corrected chi connectivity index (χ1v) is 9.31. The Morgan fingerprint density at radius 3 is 2.44 bits per heavy atom. The number of nitrogens with zero attached hydrogens (tertiary/aromatic N) is 1. The standard InChI is InChI=1S/C20H21Cl2FN2O2/c1-3-18(20(27)24-2)25(12-14-8-9-15(21)11-16(14)22)19(26)10-13-6-4-5-7-17(13)23/h4-9,11,18H,3,10,12H2,1-2H3,(H,24,27)/t18-/m0/s1. The van der Waals surface area contributed by atoms with E-state index in [1.54, 1.807) is 36.4 Å². The molecule has 0 unspecified atom stereocenters. The molecule has 144 valence electrons. The second-order valence-electron chi connectivity index (χ2n) is 6.06. The van der Waals surface area contributed by atoms with Crippen molar-refractivity contribution in [3.8, 4) is 0 Å². The zero-order valence-electron chi connectivity index (χ0n) is 15.1. The molecule has 0 bridgehead atoms. The summed E-state index contributed by atoms with van der Waals surface area (Å²) in [6.45, 7) is 1.93. The van der Waals surface area contributed by atoms with E-state index in [1.807, 2.05) is 6.92 Å². The number of likely N-dealkylation sites (N-methyl/N-ethyl adjacent to an activating group) is 1. The minimum atomic E-state index is -0.694. The molecule has 7 heteroatoms. The molecule has 0 aliphatic rings. The molecule has 0 aliphatic heterocycles. The minimum Gasteiger partial charge on any atom is -0.357 e. The molecule has 2 aromatic rings. The van der Waals surface area contributed by atoms with Gasteiger partial charge in [0.15, 0.2) is 0 Å². The fraction of sp³-hybridized carbons (Fsp3) is 0.300. The maximum Gasteiger partial charge on any atom is 0.242 e. The van der Waals surface area contributed by atoms with E-state index in [0.717, 1.165) is 0 Å². The van der Waals surface area contributed by atoms with Gasteiger partial charge in [-0.25, -0.2) is 4.39 Å². The molecular formula is C20H21Cl2FN2O2. The number of rotatable bonds is 7. The Bertz CT molecular complexity index is 829. The summed E-state index contributed by atoms with van der Waals surface area (Å²) < 4.78 is 14.0. The van der Waals surface area contributed by atoms with Crippen LogP contribution in [-0.4, -0.2) is 29.8 Å². The van der Waals surface area contributed by atoms with Gasteiger partial charge in [0.05, 0.1) is 6.42 Å². The summed E-state index contributed by atoms with van der Waals surface area (Å²) in [5, 5.41) is 3.45. The molecule has 0 saturated carbocycles. The van der Waals surface area contributed by atoms with Crippen molar-refractivity contribution in [3.05, 3.63) is 69.5 Å². The molecule has 4 nitrogen and oxygen atoms in total. The first-order chi connectivity index (χ1) is 12.9. The lowest BCUT2D eigenvalue weighted by molar-refractivity contribution is -0.140. The van der Waals surface area contributed by atoms with Crippen LogP contribution in [0.1, 0.15) is 24.5 Å². The molecule has 2 aromatic carbocycles. The number of amides is 2. The van der Waals surface area contributed by atoms with E-state index in [-0.39, 0.29) is 30.3 Å². The highest BCUT2D eigenvalue weighted by Gasteiger charge is 2.29. The average molecular weight is 411 g/mol. The molecule has 0 aliphatic carbocycles. The van der Waals surface area contributed by atoms with E-state index < -0.39 is 11.9 Å². The van der Waals surface area contributed by atoms with Crippen LogP contribution in [0.3, 0.4) is 0 Å². The summed E-state index contributed by atoms with van der Waals surface area (Å²) in [5.74, 6) is -1.10. The zero-order chi connectivity index (χ0) is 20.0. The summed E-state index contributed by atoms with van der Waals surface area (Å²) in [7, 11) is 1.51. The average Bonchev–Trinajstić information content (AvgIpc) is 2.64. The quantitative estimate of drug-likeness (QED) is 0.742. The summed E-state index contributed by atoms with van der Waals surface area (Å²) >= 11 is 12.2. The van der Waals surface area contributed by atoms with Crippen LogP contribution < -0.4 is 5.32 Å². The van der Waals surface area contributed by atoms with Gasteiger partial charge >= 0.3 is 0 Å². The molecule has 0 radical (unpaired) electrons. The number of hydrogen-bond acceptors (Lipinski definition) is 2. The van der Waals surface area contributed by atoms with Crippen molar-refractivity contribution in [2.75, 3.05) is 7.05 Å². The lowest BCUT2D eigenvalue weighted by Crippen LogP contribution is -2.48. The Kier molecular flexibility index (Phi) is 7.63. The number of nitrogens with one attached hydrogen (secondary N) is 1. The summed E-state index contributed by atoms with van der Waals surface area (Å²) in [6, 6.07) is 10.4. The molecule has 1 N–H and O–H groups in total. The van der Waals surface area contributed by atoms with Gasteiger partial charge in [-0.15, -0.1) is 0 Å². The molecule has 2 rings (SSSR count). The molecule has 0 spiro atoms. The van der Waals surface area contributed by atoms with E-state index >= 15 is 0 Å². The third kappa shape index (κ3) is 5.44. The minimum absolute atomic E-state index is 0.120. The maximum absolute atomic E-state index is 14.0. The van der Waals surface area contributed by atoms with Crippen molar-refractivity contribution in [2.24, 2.45) is 0 Å². The van der Waals surface area contributed by atoms with Crippen LogP contribution in [-0.2, 0) is 22.6 Å². The Morgan fingerprint density at radius 1 is 1.15 bits per heavy atom. The van der Waals surface area contributed by atoms with Gasteiger partial charge in [0.25, 0.3) is 0 Å². The van der Waals surface area contributed by atoms with Gasteiger partial charge in [-0.05, 0) is 35.7 Å². The van der Waals surface area contributed by atoms with E-state index in [0.29, 0.717) is 22.0 Å². The third-order valence-corrected chi connectivity index (χ3v) is 4.87. The van der Waals surface area contributed by atoms with Crippen LogP contribution in [0.15, 0.2) is 42.5 Å². The Hall–Kier alpha value is -2.11. The molecule has 0 heterocycles. The number of halogens is 3. The first-order valence-electron chi connectivity index (χ1n) is 8.55. The number of carbonyl (C=O) groups is 2. The lowest BCUT2D eigenvalue weighted by atomic mass is 10.1. The molecule has 1 atom stereocenters. The van der Waals surface area contributed by atoms with Gasteiger partial charge in [-0.1, -0.05) is 54.4 Å². The normalized spacial score (nSPS) is 11.7. The molecule has 0 fully saturated rings. The molecule has 2 amide bonds. The van der Waals surface area contributed by atoms with Gasteiger partial charge in [0.1, 0.15) is 11.9 Å². The second-order valence-corrected chi connectivity index (χ2v) is 6.91. The van der Waals surface area contributed by atoms with E-state index in [9.17, 15) is 14.0 Å². The van der Waals surface area contributed by atoms with Crippen LogP contribution >= 0.6 is 23.2 Å². The van der Waals surface area contributed by atoms with Crippen LogP contribution in [0.2, 0.25) is 10.0 Å². The smallest absolute Gasteiger partial charge is 0.242 e. The zero-order valence-corrected chi connectivity index (χ0v) is 16.6. The topological polar surface area (TPSA) is 49.4 Å². The van der Waals surface area contributed by atoms with Crippen LogP contribution in [0.4, 0.5) is 4.39 Å². The Balaban J connectivity index is 2.34. The van der Waals surface area contributed by atoms with Gasteiger partial charge in [0, 0.05) is 23.6 Å². The SMILES string of the molecule is CC[C@@H](C(=O)NC)N(Cc1ccc(Cl)cc1Cl)C(=O)Cc1ccccc1F. The van der Waals surface area contributed by atoms with Gasteiger partial charge < -0.3 is 10.2 Å². The van der Waals surface area contributed by atoms with E-state index in [2.05, 4.69) is 5.32 Å². The Labute approximate surface area is 168 Å².